The zero-order valence-corrected chi connectivity index (χ0v) is 18.5. The van der Waals surface area contributed by atoms with Crippen LogP contribution in [0.4, 0.5) is 0 Å². The predicted octanol–water partition coefficient (Wildman–Crippen LogP) is 3.64. The Labute approximate surface area is 185 Å². The van der Waals surface area contributed by atoms with E-state index in [1.165, 1.54) is 5.56 Å². The third-order valence-corrected chi connectivity index (χ3v) is 5.50. The number of para-hydroxylation sites is 1. The van der Waals surface area contributed by atoms with Crippen molar-refractivity contribution in [1.29, 1.82) is 0 Å². The van der Waals surface area contributed by atoms with Crippen molar-refractivity contribution in [2.75, 3.05) is 20.2 Å². The van der Waals surface area contributed by atoms with Crippen LogP contribution in [0.1, 0.15) is 5.56 Å². The molecule has 7 nitrogen and oxygen atoms in total. The van der Waals surface area contributed by atoms with Gasteiger partial charge in [0.2, 0.25) is 10.5 Å². The van der Waals surface area contributed by atoms with Gasteiger partial charge < -0.3 is 4.74 Å². The summed E-state index contributed by atoms with van der Waals surface area (Å²) in [5.41, 5.74) is 1.82. The lowest BCUT2D eigenvalue weighted by Crippen LogP contribution is -2.27. The molecule has 0 fully saturated rings. The first-order chi connectivity index (χ1) is 15.0. The maximum absolute atomic E-state index is 13.0. The van der Waals surface area contributed by atoms with Gasteiger partial charge in [0.25, 0.3) is 5.56 Å². The van der Waals surface area contributed by atoms with Crippen LogP contribution in [0.3, 0.4) is 0 Å². The van der Waals surface area contributed by atoms with Crippen molar-refractivity contribution in [3.63, 3.8) is 0 Å². The second-order valence-corrected chi connectivity index (χ2v) is 7.89. The Balaban J connectivity index is 1.61. The molecule has 0 unspecified atom stereocenters. The van der Waals surface area contributed by atoms with Crippen molar-refractivity contribution in [2.45, 2.75) is 20.1 Å². The number of nitrogens with zero attached hydrogens (tertiary/aromatic N) is 5. The van der Waals surface area contributed by atoms with Crippen molar-refractivity contribution in [3.8, 4) is 5.75 Å². The minimum absolute atomic E-state index is 0.102. The Morgan fingerprint density at radius 3 is 2.81 bits per heavy atom. The first kappa shape index (κ1) is 21.0. The number of benzene rings is 2. The standard InChI is InChI=1S/C23H25N5O2S/c1-4-12-26-21(29)19-10-5-6-11-20(19)28-22(26)24-27(23(28)31)16-25(3)13-14-30-18-9-7-8-17(2)15-18/h4-11,15H,1,12-14,16H2,2-3H3. The molecule has 0 amide bonds. The van der Waals surface area contributed by atoms with E-state index in [1.807, 2.05) is 66.9 Å². The summed E-state index contributed by atoms with van der Waals surface area (Å²) in [6.07, 6.45) is 1.69. The van der Waals surface area contributed by atoms with Gasteiger partial charge >= 0.3 is 0 Å². The van der Waals surface area contributed by atoms with Gasteiger partial charge in [-0.15, -0.1) is 11.7 Å². The zero-order valence-electron chi connectivity index (χ0n) is 17.7. The molecule has 31 heavy (non-hydrogen) atoms. The number of aromatic nitrogens is 4. The van der Waals surface area contributed by atoms with Gasteiger partial charge in [0.15, 0.2) is 0 Å². The van der Waals surface area contributed by atoms with Gasteiger partial charge in [0.1, 0.15) is 12.4 Å². The van der Waals surface area contributed by atoms with Crippen LogP contribution < -0.4 is 10.3 Å². The molecule has 0 atom stereocenters. The van der Waals surface area contributed by atoms with E-state index in [-0.39, 0.29) is 5.56 Å². The van der Waals surface area contributed by atoms with Crippen LogP contribution in [0.15, 0.2) is 66.0 Å². The van der Waals surface area contributed by atoms with Crippen LogP contribution >= 0.6 is 12.2 Å². The SMILES string of the molecule is C=CCn1c(=O)c2ccccc2n2c(=S)n(CN(C)CCOc3cccc(C)c3)nc12. The topological polar surface area (TPSA) is 56.7 Å². The number of aryl methyl sites for hydroxylation is 1. The summed E-state index contributed by atoms with van der Waals surface area (Å²) in [7, 11) is 1.99. The number of fused-ring (bicyclic) bond motifs is 3. The Bertz CT molecular complexity index is 1370. The number of rotatable bonds is 8. The summed E-state index contributed by atoms with van der Waals surface area (Å²) in [6, 6.07) is 15.4. The van der Waals surface area contributed by atoms with Crippen molar-refractivity contribution >= 4 is 28.9 Å². The van der Waals surface area contributed by atoms with Crippen molar-refractivity contribution in [1.82, 2.24) is 23.6 Å². The molecule has 4 rings (SSSR count). The normalized spacial score (nSPS) is 11.5. The molecular weight excluding hydrogens is 410 g/mol. The summed E-state index contributed by atoms with van der Waals surface area (Å²) in [6.45, 7) is 7.90. The molecule has 0 saturated heterocycles. The van der Waals surface area contributed by atoms with E-state index in [2.05, 4.69) is 16.6 Å². The van der Waals surface area contributed by atoms with Crippen molar-refractivity contribution < 1.29 is 4.74 Å². The fraction of sp³-hybridized carbons (Fsp3) is 0.261. The second-order valence-electron chi connectivity index (χ2n) is 7.53. The van der Waals surface area contributed by atoms with Gasteiger partial charge in [-0.25, -0.2) is 4.68 Å². The van der Waals surface area contributed by atoms with Gasteiger partial charge in [-0.2, -0.15) is 0 Å². The molecule has 0 bridgehead atoms. The van der Waals surface area contributed by atoms with Gasteiger partial charge in [-0.3, -0.25) is 18.7 Å². The highest BCUT2D eigenvalue weighted by molar-refractivity contribution is 7.71. The molecule has 0 spiro atoms. The molecule has 0 aliphatic carbocycles. The highest BCUT2D eigenvalue weighted by atomic mass is 32.1. The number of ether oxygens (including phenoxy) is 1. The number of allylic oxidation sites excluding steroid dienone is 1. The average molecular weight is 436 g/mol. The van der Waals surface area contributed by atoms with E-state index < -0.39 is 0 Å². The van der Waals surface area contributed by atoms with Crippen LogP contribution in [0.2, 0.25) is 0 Å². The van der Waals surface area contributed by atoms with Crippen LogP contribution in [-0.4, -0.2) is 43.8 Å². The van der Waals surface area contributed by atoms with E-state index >= 15 is 0 Å². The maximum Gasteiger partial charge on any atom is 0.263 e. The zero-order chi connectivity index (χ0) is 22.0. The maximum atomic E-state index is 13.0. The van der Waals surface area contributed by atoms with Gasteiger partial charge in [0, 0.05) is 13.1 Å². The minimum atomic E-state index is -0.102. The van der Waals surface area contributed by atoms with Gasteiger partial charge in [0.05, 0.1) is 17.6 Å². The van der Waals surface area contributed by atoms with Crippen LogP contribution in [0.5, 0.6) is 5.75 Å². The Kier molecular flexibility index (Phi) is 6.01. The molecule has 0 radical (unpaired) electrons. The Hall–Kier alpha value is -3.23. The molecule has 0 N–H and O–H groups in total. The molecule has 4 aromatic rings. The molecule has 2 aromatic heterocycles. The van der Waals surface area contributed by atoms with Crippen molar-refractivity contribution in [3.05, 3.63) is 81.9 Å². The van der Waals surface area contributed by atoms with E-state index in [9.17, 15) is 4.79 Å². The third-order valence-electron chi connectivity index (χ3n) is 5.10. The summed E-state index contributed by atoms with van der Waals surface area (Å²) < 4.78 is 11.6. The lowest BCUT2D eigenvalue weighted by atomic mass is 10.2. The fourth-order valence-corrected chi connectivity index (χ4v) is 3.86. The molecule has 0 aliphatic rings. The highest BCUT2D eigenvalue weighted by Gasteiger charge is 2.15. The van der Waals surface area contributed by atoms with E-state index in [0.717, 1.165) is 11.3 Å². The van der Waals surface area contributed by atoms with Crippen LogP contribution in [0.25, 0.3) is 16.7 Å². The molecular formula is C23H25N5O2S. The predicted molar refractivity (Wildman–Crippen MR) is 125 cm³/mol. The Morgan fingerprint density at radius 2 is 2.03 bits per heavy atom. The van der Waals surface area contributed by atoms with E-state index in [0.29, 0.717) is 42.3 Å². The molecule has 2 aromatic carbocycles. The number of hydrogen-bond acceptors (Lipinski definition) is 5. The summed E-state index contributed by atoms with van der Waals surface area (Å²) in [5.74, 6) is 1.37. The Morgan fingerprint density at radius 1 is 1.23 bits per heavy atom. The smallest absolute Gasteiger partial charge is 0.263 e. The average Bonchev–Trinajstić information content (AvgIpc) is 3.07. The summed E-state index contributed by atoms with van der Waals surface area (Å²) >= 11 is 5.73. The summed E-state index contributed by atoms with van der Waals surface area (Å²) in [5, 5.41) is 5.27. The first-order valence-electron chi connectivity index (χ1n) is 10.1. The molecule has 2 heterocycles. The van der Waals surface area contributed by atoms with Crippen LogP contribution in [-0.2, 0) is 13.2 Å². The van der Waals surface area contributed by atoms with Crippen molar-refractivity contribution in [2.24, 2.45) is 0 Å². The fourth-order valence-electron chi connectivity index (χ4n) is 3.58. The number of hydrogen-bond donors (Lipinski definition) is 0. The lowest BCUT2D eigenvalue weighted by Gasteiger charge is -2.16. The highest BCUT2D eigenvalue weighted by Crippen LogP contribution is 2.15. The summed E-state index contributed by atoms with van der Waals surface area (Å²) in [4.78, 5) is 15.0. The molecule has 160 valence electrons. The quantitative estimate of drug-likeness (QED) is 0.312. The van der Waals surface area contributed by atoms with E-state index in [1.54, 1.807) is 15.3 Å². The lowest BCUT2D eigenvalue weighted by molar-refractivity contribution is 0.198. The number of likely N-dealkylation sites (N-methyl/N-ethyl adjacent to an activating group) is 1. The van der Waals surface area contributed by atoms with Crippen LogP contribution in [0, 0.1) is 11.7 Å². The largest absolute Gasteiger partial charge is 0.492 e. The van der Waals surface area contributed by atoms with Gasteiger partial charge in [-0.05, 0) is 56.0 Å². The minimum Gasteiger partial charge on any atom is -0.492 e. The molecule has 0 aliphatic heterocycles. The first-order valence-corrected chi connectivity index (χ1v) is 10.5. The monoisotopic (exact) mass is 435 g/mol. The molecule has 0 saturated carbocycles. The third kappa shape index (κ3) is 4.17. The molecule has 8 heteroatoms. The van der Waals surface area contributed by atoms with Gasteiger partial charge in [-0.1, -0.05) is 30.3 Å². The van der Waals surface area contributed by atoms with E-state index in [4.69, 9.17) is 17.0 Å². The second kappa shape index (κ2) is 8.87.